The predicted octanol–water partition coefficient (Wildman–Crippen LogP) is 1.32. The Morgan fingerprint density at radius 1 is 1.50 bits per heavy atom. The number of carbonyl (C=O) groups is 1. The van der Waals surface area contributed by atoms with Crippen LogP contribution in [0.2, 0.25) is 0 Å². The van der Waals surface area contributed by atoms with Crippen molar-refractivity contribution in [3.63, 3.8) is 0 Å². The number of urea groups is 1. The Morgan fingerprint density at radius 3 is 2.58 bits per heavy atom. The Bertz CT molecular complexity index is 201. The SMILES string of the molecule is C/C=C/[C@H](C)N1CCN(C)C1=O. The van der Waals surface area contributed by atoms with Crippen LogP contribution in [0, 0.1) is 0 Å². The first-order valence-electron chi connectivity index (χ1n) is 4.31. The molecule has 3 heteroatoms. The molecule has 0 bridgehead atoms. The van der Waals surface area contributed by atoms with Gasteiger partial charge in [-0.15, -0.1) is 0 Å². The maximum Gasteiger partial charge on any atom is 0.320 e. The van der Waals surface area contributed by atoms with Gasteiger partial charge in [0.2, 0.25) is 0 Å². The van der Waals surface area contributed by atoms with E-state index in [1.54, 1.807) is 4.90 Å². The highest BCUT2D eigenvalue weighted by Gasteiger charge is 2.27. The molecule has 0 N–H and O–H groups in total. The van der Waals surface area contributed by atoms with Crippen LogP contribution in [0.5, 0.6) is 0 Å². The minimum atomic E-state index is 0.139. The summed E-state index contributed by atoms with van der Waals surface area (Å²) in [6.45, 7) is 5.71. The summed E-state index contributed by atoms with van der Waals surface area (Å²) in [4.78, 5) is 15.1. The fraction of sp³-hybridized carbons (Fsp3) is 0.667. The van der Waals surface area contributed by atoms with Crippen LogP contribution in [-0.4, -0.2) is 42.0 Å². The van der Waals surface area contributed by atoms with Crippen LogP contribution in [0.1, 0.15) is 13.8 Å². The van der Waals surface area contributed by atoms with Crippen molar-refractivity contribution in [1.82, 2.24) is 9.80 Å². The average Bonchev–Trinajstić information content (AvgIpc) is 2.34. The molecule has 0 saturated carbocycles. The van der Waals surface area contributed by atoms with Gasteiger partial charge in [-0.1, -0.05) is 12.2 Å². The molecule has 68 valence electrons. The Kier molecular flexibility index (Phi) is 2.74. The largest absolute Gasteiger partial charge is 0.326 e. The number of hydrogen-bond donors (Lipinski definition) is 0. The van der Waals surface area contributed by atoms with E-state index in [0.29, 0.717) is 0 Å². The van der Waals surface area contributed by atoms with Crippen molar-refractivity contribution < 1.29 is 4.79 Å². The second kappa shape index (κ2) is 3.61. The number of rotatable bonds is 2. The third-order valence-electron chi connectivity index (χ3n) is 2.21. The molecule has 0 spiro atoms. The summed E-state index contributed by atoms with van der Waals surface area (Å²) in [7, 11) is 1.84. The van der Waals surface area contributed by atoms with Gasteiger partial charge in [0, 0.05) is 26.2 Å². The molecule has 0 aromatic heterocycles. The molecule has 1 atom stereocenters. The van der Waals surface area contributed by atoms with E-state index in [9.17, 15) is 4.79 Å². The highest BCUT2D eigenvalue weighted by Crippen LogP contribution is 2.10. The van der Waals surface area contributed by atoms with E-state index in [4.69, 9.17) is 0 Å². The van der Waals surface area contributed by atoms with Gasteiger partial charge in [-0.25, -0.2) is 4.79 Å². The van der Waals surface area contributed by atoms with Gasteiger partial charge in [-0.05, 0) is 13.8 Å². The highest BCUT2D eigenvalue weighted by molar-refractivity contribution is 5.76. The van der Waals surface area contributed by atoms with Crippen LogP contribution >= 0.6 is 0 Å². The Balaban J connectivity index is 2.59. The molecule has 0 aromatic rings. The van der Waals surface area contributed by atoms with E-state index < -0.39 is 0 Å². The molecule has 1 rings (SSSR count). The first-order chi connectivity index (χ1) is 5.66. The zero-order chi connectivity index (χ0) is 9.14. The van der Waals surface area contributed by atoms with E-state index in [1.807, 2.05) is 37.9 Å². The molecule has 1 aliphatic heterocycles. The summed E-state index contributed by atoms with van der Waals surface area (Å²) in [5.41, 5.74) is 0. The lowest BCUT2D eigenvalue weighted by Crippen LogP contribution is -2.35. The van der Waals surface area contributed by atoms with Crippen molar-refractivity contribution in [2.75, 3.05) is 20.1 Å². The van der Waals surface area contributed by atoms with Gasteiger partial charge in [0.05, 0.1) is 0 Å². The summed E-state index contributed by atoms with van der Waals surface area (Å²) in [5.74, 6) is 0. The van der Waals surface area contributed by atoms with E-state index in [-0.39, 0.29) is 12.1 Å². The van der Waals surface area contributed by atoms with E-state index in [1.165, 1.54) is 0 Å². The van der Waals surface area contributed by atoms with Crippen molar-refractivity contribution in [2.45, 2.75) is 19.9 Å². The molecule has 2 amide bonds. The number of allylic oxidation sites excluding steroid dienone is 1. The molecule has 0 aromatic carbocycles. The fourth-order valence-corrected chi connectivity index (χ4v) is 1.43. The van der Waals surface area contributed by atoms with Gasteiger partial charge in [0.15, 0.2) is 0 Å². The van der Waals surface area contributed by atoms with Gasteiger partial charge in [-0.2, -0.15) is 0 Å². The zero-order valence-electron chi connectivity index (χ0n) is 7.95. The normalized spacial score (nSPS) is 21.1. The summed E-state index contributed by atoms with van der Waals surface area (Å²) < 4.78 is 0. The molecule has 3 nitrogen and oxygen atoms in total. The Morgan fingerprint density at radius 2 is 2.17 bits per heavy atom. The molecule has 1 saturated heterocycles. The Hall–Kier alpha value is -0.990. The van der Waals surface area contributed by atoms with Crippen LogP contribution in [0.4, 0.5) is 4.79 Å². The van der Waals surface area contributed by atoms with Crippen LogP contribution in [0.3, 0.4) is 0 Å². The van der Waals surface area contributed by atoms with Crippen molar-refractivity contribution in [1.29, 1.82) is 0 Å². The van der Waals surface area contributed by atoms with Crippen molar-refractivity contribution >= 4 is 6.03 Å². The lowest BCUT2D eigenvalue weighted by atomic mass is 10.3. The summed E-state index contributed by atoms with van der Waals surface area (Å²) in [6.07, 6.45) is 4.02. The number of amides is 2. The monoisotopic (exact) mass is 168 g/mol. The molecule has 1 aliphatic rings. The minimum Gasteiger partial charge on any atom is -0.326 e. The van der Waals surface area contributed by atoms with Gasteiger partial charge in [-0.3, -0.25) is 0 Å². The van der Waals surface area contributed by atoms with Gasteiger partial charge >= 0.3 is 6.03 Å². The second-order valence-electron chi connectivity index (χ2n) is 3.16. The Labute approximate surface area is 73.6 Å². The van der Waals surface area contributed by atoms with Gasteiger partial charge in [0.25, 0.3) is 0 Å². The van der Waals surface area contributed by atoms with Gasteiger partial charge in [0.1, 0.15) is 0 Å². The molecular formula is C9H16N2O. The molecule has 0 aliphatic carbocycles. The number of hydrogen-bond acceptors (Lipinski definition) is 1. The van der Waals surface area contributed by atoms with Crippen molar-refractivity contribution in [3.05, 3.63) is 12.2 Å². The third-order valence-corrected chi connectivity index (χ3v) is 2.21. The van der Waals surface area contributed by atoms with Crippen LogP contribution < -0.4 is 0 Å². The number of nitrogens with zero attached hydrogens (tertiary/aromatic N) is 2. The number of likely N-dealkylation sites (N-methyl/N-ethyl adjacent to an activating group) is 1. The summed E-state index contributed by atoms with van der Waals surface area (Å²) >= 11 is 0. The van der Waals surface area contributed by atoms with E-state index >= 15 is 0 Å². The summed E-state index contributed by atoms with van der Waals surface area (Å²) in [6, 6.07) is 0.369. The fourth-order valence-electron chi connectivity index (χ4n) is 1.43. The first kappa shape index (κ1) is 9.10. The van der Waals surface area contributed by atoms with Crippen molar-refractivity contribution in [2.24, 2.45) is 0 Å². The molecule has 0 unspecified atom stereocenters. The smallest absolute Gasteiger partial charge is 0.320 e. The van der Waals surface area contributed by atoms with E-state index in [0.717, 1.165) is 13.1 Å². The maximum absolute atomic E-state index is 11.4. The second-order valence-corrected chi connectivity index (χ2v) is 3.16. The number of carbonyl (C=O) groups excluding carboxylic acids is 1. The third kappa shape index (κ3) is 1.60. The molecular weight excluding hydrogens is 152 g/mol. The highest BCUT2D eigenvalue weighted by atomic mass is 16.2. The standard InChI is InChI=1S/C9H16N2O/c1-4-5-8(2)11-7-6-10(3)9(11)12/h4-5,8H,6-7H2,1-3H3/b5-4+/t8-/m0/s1. The van der Waals surface area contributed by atoms with Crippen LogP contribution in [0.25, 0.3) is 0 Å². The maximum atomic E-state index is 11.4. The average molecular weight is 168 g/mol. The molecule has 12 heavy (non-hydrogen) atoms. The van der Waals surface area contributed by atoms with Crippen molar-refractivity contribution in [3.8, 4) is 0 Å². The van der Waals surface area contributed by atoms with Crippen LogP contribution in [0.15, 0.2) is 12.2 Å². The molecule has 1 fully saturated rings. The zero-order valence-corrected chi connectivity index (χ0v) is 7.95. The lowest BCUT2D eigenvalue weighted by Gasteiger charge is -2.20. The first-order valence-corrected chi connectivity index (χ1v) is 4.31. The lowest BCUT2D eigenvalue weighted by molar-refractivity contribution is 0.193. The predicted molar refractivity (Wildman–Crippen MR) is 49.0 cm³/mol. The summed E-state index contributed by atoms with van der Waals surface area (Å²) in [5, 5.41) is 0. The quantitative estimate of drug-likeness (QED) is 0.570. The van der Waals surface area contributed by atoms with Crippen LogP contribution in [-0.2, 0) is 0 Å². The topological polar surface area (TPSA) is 23.6 Å². The van der Waals surface area contributed by atoms with Gasteiger partial charge < -0.3 is 9.80 Å². The van der Waals surface area contributed by atoms with E-state index in [2.05, 4.69) is 0 Å². The molecule has 0 radical (unpaired) electrons. The molecule has 1 heterocycles. The minimum absolute atomic E-state index is 0.139.